The summed E-state index contributed by atoms with van der Waals surface area (Å²) in [6.45, 7) is 9.20. The predicted molar refractivity (Wildman–Crippen MR) is 80.2 cm³/mol. The first-order valence-corrected chi connectivity index (χ1v) is 7.15. The number of benzene rings is 1. The summed E-state index contributed by atoms with van der Waals surface area (Å²) in [4.78, 5) is 12.5. The van der Waals surface area contributed by atoms with Gasteiger partial charge in [0.1, 0.15) is 6.10 Å². The summed E-state index contributed by atoms with van der Waals surface area (Å²) in [5, 5.41) is 3.29. The number of nitrogens with one attached hydrogen (secondary N) is 1. The van der Waals surface area contributed by atoms with Crippen molar-refractivity contribution in [2.45, 2.75) is 26.4 Å². The van der Waals surface area contributed by atoms with Crippen molar-refractivity contribution in [3.63, 3.8) is 0 Å². The minimum absolute atomic E-state index is 0.120. The number of carbonyl (C=O) groups is 1. The summed E-state index contributed by atoms with van der Waals surface area (Å²) < 4.78 is 5.69. The van der Waals surface area contributed by atoms with E-state index in [0.717, 1.165) is 18.5 Å². The highest BCUT2D eigenvalue weighted by Gasteiger charge is 2.46. The Hall–Kier alpha value is -1.61. The Morgan fingerprint density at radius 2 is 2.25 bits per heavy atom. The molecule has 1 fully saturated rings. The van der Waals surface area contributed by atoms with Crippen LogP contribution in [-0.4, -0.2) is 19.1 Å². The third kappa shape index (κ3) is 2.93. The minimum atomic E-state index is -0.461. The highest BCUT2D eigenvalue weighted by atomic mass is 16.5. The molecule has 0 aliphatic carbocycles. The lowest BCUT2D eigenvalue weighted by atomic mass is 9.78. The Labute approximate surface area is 121 Å². The van der Waals surface area contributed by atoms with Crippen molar-refractivity contribution in [3.8, 4) is 0 Å². The normalized spacial score (nSPS) is 27.0. The maximum atomic E-state index is 12.5. The van der Waals surface area contributed by atoms with Crippen LogP contribution in [0.25, 0.3) is 0 Å². The quantitative estimate of drug-likeness (QED) is 0.662. The van der Waals surface area contributed by atoms with Gasteiger partial charge in [-0.15, -0.1) is 6.58 Å². The third-order valence-corrected chi connectivity index (χ3v) is 4.25. The molecule has 1 aromatic carbocycles. The van der Waals surface area contributed by atoms with Crippen molar-refractivity contribution >= 4 is 5.97 Å². The van der Waals surface area contributed by atoms with Crippen LogP contribution in [0.2, 0.25) is 0 Å². The summed E-state index contributed by atoms with van der Waals surface area (Å²) in [5.74, 6) is 0.140. The van der Waals surface area contributed by atoms with E-state index in [4.69, 9.17) is 4.74 Å². The van der Waals surface area contributed by atoms with Crippen molar-refractivity contribution in [1.82, 2.24) is 5.32 Å². The third-order valence-electron chi connectivity index (χ3n) is 4.25. The van der Waals surface area contributed by atoms with Gasteiger partial charge in [0, 0.05) is 6.54 Å². The molecule has 108 valence electrons. The summed E-state index contributed by atoms with van der Waals surface area (Å²) in [6, 6.07) is 9.83. The van der Waals surface area contributed by atoms with E-state index in [-0.39, 0.29) is 18.0 Å². The largest absolute Gasteiger partial charge is 0.457 e. The first-order chi connectivity index (χ1) is 9.58. The van der Waals surface area contributed by atoms with Crippen molar-refractivity contribution in [1.29, 1.82) is 0 Å². The van der Waals surface area contributed by atoms with Gasteiger partial charge in [0.2, 0.25) is 0 Å². The number of ether oxygens (including phenoxy) is 1. The van der Waals surface area contributed by atoms with E-state index >= 15 is 0 Å². The minimum Gasteiger partial charge on any atom is -0.457 e. The van der Waals surface area contributed by atoms with E-state index in [0.29, 0.717) is 6.54 Å². The number of hydrogen-bond donors (Lipinski definition) is 1. The second-order valence-corrected chi connectivity index (χ2v) is 5.73. The van der Waals surface area contributed by atoms with Gasteiger partial charge in [-0.05, 0) is 38.3 Å². The second-order valence-electron chi connectivity index (χ2n) is 5.73. The fraction of sp³-hybridized carbons (Fsp3) is 0.471. The number of esters is 1. The lowest BCUT2D eigenvalue weighted by Gasteiger charge is -2.29. The Balaban J connectivity index is 2.05. The average molecular weight is 273 g/mol. The monoisotopic (exact) mass is 273 g/mol. The Kier molecular flexibility index (Phi) is 4.61. The van der Waals surface area contributed by atoms with Gasteiger partial charge in [-0.1, -0.05) is 36.4 Å². The molecule has 0 unspecified atom stereocenters. The maximum Gasteiger partial charge on any atom is 0.314 e. The highest BCUT2D eigenvalue weighted by Crippen LogP contribution is 2.36. The van der Waals surface area contributed by atoms with Crippen LogP contribution in [0.1, 0.15) is 31.9 Å². The van der Waals surface area contributed by atoms with Crippen LogP contribution >= 0.6 is 0 Å². The number of hydrogen-bond acceptors (Lipinski definition) is 3. The van der Waals surface area contributed by atoms with Crippen molar-refractivity contribution in [2.75, 3.05) is 13.1 Å². The molecule has 1 N–H and O–H groups in total. The summed E-state index contributed by atoms with van der Waals surface area (Å²) in [7, 11) is 0. The van der Waals surface area contributed by atoms with Crippen molar-refractivity contribution in [3.05, 3.63) is 48.6 Å². The molecular formula is C17H23NO2. The average Bonchev–Trinajstić information content (AvgIpc) is 2.83. The molecule has 3 heteroatoms. The van der Waals surface area contributed by atoms with Crippen LogP contribution in [0.3, 0.4) is 0 Å². The van der Waals surface area contributed by atoms with Crippen LogP contribution < -0.4 is 5.32 Å². The van der Waals surface area contributed by atoms with E-state index in [1.165, 1.54) is 0 Å². The topological polar surface area (TPSA) is 38.3 Å². The SMILES string of the molecule is C=CC[C@H]1CNC[C@@]1(C)C(=O)O[C@H](C)c1ccccc1. The molecule has 1 aromatic rings. The number of rotatable bonds is 5. The van der Waals surface area contributed by atoms with Gasteiger partial charge in [0.25, 0.3) is 0 Å². The molecule has 0 amide bonds. The molecule has 0 saturated carbocycles. The molecule has 0 spiro atoms. The zero-order valence-electron chi connectivity index (χ0n) is 12.3. The zero-order chi connectivity index (χ0) is 14.6. The molecule has 1 aliphatic heterocycles. The maximum absolute atomic E-state index is 12.5. The Morgan fingerprint density at radius 3 is 2.90 bits per heavy atom. The molecule has 3 atom stereocenters. The molecule has 1 saturated heterocycles. The summed E-state index contributed by atoms with van der Waals surface area (Å²) in [5.41, 5.74) is 0.563. The van der Waals surface area contributed by atoms with Crippen molar-refractivity contribution < 1.29 is 9.53 Å². The van der Waals surface area contributed by atoms with E-state index in [9.17, 15) is 4.79 Å². The summed E-state index contributed by atoms with van der Waals surface area (Å²) >= 11 is 0. The molecule has 0 aromatic heterocycles. The summed E-state index contributed by atoms with van der Waals surface area (Å²) in [6.07, 6.45) is 2.49. The van der Waals surface area contributed by atoms with Gasteiger partial charge < -0.3 is 10.1 Å². The highest BCUT2D eigenvalue weighted by molar-refractivity contribution is 5.78. The van der Waals surface area contributed by atoms with E-state index in [1.54, 1.807) is 0 Å². The molecule has 2 rings (SSSR count). The van der Waals surface area contributed by atoms with E-state index in [1.807, 2.05) is 50.3 Å². The van der Waals surface area contributed by atoms with Gasteiger partial charge in [0.15, 0.2) is 0 Å². The number of allylic oxidation sites excluding steroid dienone is 1. The van der Waals surface area contributed by atoms with Crippen LogP contribution in [0.15, 0.2) is 43.0 Å². The lowest BCUT2D eigenvalue weighted by Crippen LogP contribution is -2.37. The van der Waals surface area contributed by atoms with Gasteiger partial charge in [-0.2, -0.15) is 0 Å². The standard InChI is InChI=1S/C17H23NO2/c1-4-8-15-11-18-12-17(15,3)16(19)20-13(2)14-9-6-5-7-10-14/h4-7,9-10,13,15,18H,1,8,11-12H2,2-3H3/t13-,15+,17-/m1/s1. The van der Waals surface area contributed by atoms with Gasteiger partial charge >= 0.3 is 5.97 Å². The molecule has 0 bridgehead atoms. The van der Waals surface area contributed by atoms with Crippen LogP contribution in [0.4, 0.5) is 0 Å². The van der Waals surface area contributed by atoms with Gasteiger partial charge in [-0.3, -0.25) is 4.79 Å². The van der Waals surface area contributed by atoms with E-state index < -0.39 is 5.41 Å². The zero-order valence-corrected chi connectivity index (χ0v) is 12.3. The first-order valence-electron chi connectivity index (χ1n) is 7.15. The Bertz CT molecular complexity index is 471. The molecule has 1 heterocycles. The number of carbonyl (C=O) groups excluding carboxylic acids is 1. The van der Waals surface area contributed by atoms with Crippen LogP contribution in [0, 0.1) is 11.3 Å². The van der Waals surface area contributed by atoms with E-state index in [2.05, 4.69) is 11.9 Å². The van der Waals surface area contributed by atoms with Crippen molar-refractivity contribution in [2.24, 2.45) is 11.3 Å². The van der Waals surface area contributed by atoms with Crippen LogP contribution in [0.5, 0.6) is 0 Å². The molecule has 0 radical (unpaired) electrons. The predicted octanol–water partition coefficient (Wildman–Crippen LogP) is 3.09. The fourth-order valence-electron chi connectivity index (χ4n) is 2.75. The smallest absolute Gasteiger partial charge is 0.314 e. The Morgan fingerprint density at radius 1 is 1.55 bits per heavy atom. The second kappa shape index (κ2) is 6.23. The van der Waals surface area contributed by atoms with Gasteiger partial charge in [-0.25, -0.2) is 0 Å². The molecule has 20 heavy (non-hydrogen) atoms. The lowest BCUT2D eigenvalue weighted by molar-refractivity contribution is -0.161. The molecule has 1 aliphatic rings. The van der Waals surface area contributed by atoms with Gasteiger partial charge in [0.05, 0.1) is 5.41 Å². The fourth-order valence-corrected chi connectivity index (χ4v) is 2.75. The first kappa shape index (κ1) is 14.8. The molecule has 3 nitrogen and oxygen atoms in total. The van der Waals surface area contributed by atoms with Crippen LogP contribution in [-0.2, 0) is 9.53 Å². The molecular weight excluding hydrogens is 250 g/mol.